The molecule has 0 bridgehead atoms. The zero-order valence-corrected chi connectivity index (χ0v) is 20.0. The Balaban J connectivity index is 1.24. The fourth-order valence-corrected chi connectivity index (χ4v) is 4.95. The van der Waals surface area contributed by atoms with Gasteiger partial charge in [-0.05, 0) is 37.8 Å². The molecule has 3 aromatic heterocycles. The third-order valence-electron chi connectivity index (χ3n) is 6.98. The first kappa shape index (κ1) is 23.0. The molecule has 3 heterocycles. The van der Waals surface area contributed by atoms with Gasteiger partial charge in [0.2, 0.25) is 0 Å². The van der Waals surface area contributed by atoms with Crippen LogP contribution in [-0.2, 0) is 4.74 Å². The molecule has 182 valence electrons. The van der Waals surface area contributed by atoms with Crippen LogP contribution in [0, 0.1) is 0 Å². The molecule has 1 aliphatic rings. The van der Waals surface area contributed by atoms with E-state index in [1.54, 1.807) is 13.3 Å². The number of imidazole rings is 1. The maximum Gasteiger partial charge on any atom is 0.272 e. The summed E-state index contributed by atoms with van der Waals surface area (Å²) in [6.07, 6.45) is 7.04. The van der Waals surface area contributed by atoms with Gasteiger partial charge in [-0.25, -0.2) is 10.1 Å². The number of carbonyl (C=O) groups excluding carboxylic acids is 1. The van der Waals surface area contributed by atoms with Crippen LogP contribution < -0.4 is 15.8 Å². The van der Waals surface area contributed by atoms with E-state index in [4.69, 9.17) is 4.74 Å². The highest BCUT2D eigenvalue weighted by atomic mass is 16.5. The number of aromatic nitrogens is 4. The molecule has 0 unspecified atom stereocenters. The molecule has 1 saturated carbocycles. The molecule has 0 saturated heterocycles. The summed E-state index contributed by atoms with van der Waals surface area (Å²) < 4.78 is 6.98. The molecular formula is C26H30N6O3. The van der Waals surface area contributed by atoms with Crippen molar-refractivity contribution in [3.8, 4) is 0 Å². The van der Waals surface area contributed by atoms with E-state index in [1.807, 2.05) is 54.0 Å². The summed E-state index contributed by atoms with van der Waals surface area (Å²) in [6, 6.07) is 11.7. The fourth-order valence-electron chi connectivity index (χ4n) is 4.95. The van der Waals surface area contributed by atoms with Gasteiger partial charge in [0.15, 0.2) is 0 Å². The summed E-state index contributed by atoms with van der Waals surface area (Å²) in [5, 5.41) is 11.8. The number of aromatic amines is 1. The molecule has 9 nitrogen and oxygen atoms in total. The first-order valence-corrected chi connectivity index (χ1v) is 12.0. The standard InChI is InChI=1S/C26H30N6O3/c1-31(13-14-35-2)19-11-12-32-22(16-27-23(32)15-19)26(34)28-18-9-7-17(8-10-18)24-20-5-3-4-6-21(20)25(33)30-29-24/h3-6,11-12,15-18H,7-10,13-14H2,1-2H3,(H,28,34)(H,30,33)/t17-,18-. The second-order valence-electron chi connectivity index (χ2n) is 9.18. The van der Waals surface area contributed by atoms with Gasteiger partial charge in [-0.1, -0.05) is 18.2 Å². The number of pyridine rings is 1. The minimum Gasteiger partial charge on any atom is -0.383 e. The lowest BCUT2D eigenvalue weighted by Crippen LogP contribution is -2.38. The number of carbonyl (C=O) groups is 1. The van der Waals surface area contributed by atoms with Crippen LogP contribution in [0.1, 0.15) is 47.8 Å². The van der Waals surface area contributed by atoms with Gasteiger partial charge in [0.25, 0.3) is 11.5 Å². The predicted octanol–water partition coefficient (Wildman–Crippen LogP) is 3.11. The largest absolute Gasteiger partial charge is 0.383 e. The van der Waals surface area contributed by atoms with Crippen LogP contribution in [-0.4, -0.2) is 58.8 Å². The molecule has 0 radical (unpaired) electrons. The van der Waals surface area contributed by atoms with Crippen LogP contribution in [0.25, 0.3) is 16.4 Å². The lowest BCUT2D eigenvalue weighted by atomic mass is 9.82. The number of nitrogens with zero attached hydrogens (tertiary/aromatic N) is 4. The summed E-state index contributed by atoms with van der Waals surface area (Å²) >= 11 is 0. The molecule has 0 atom stereocenters. The van der Waals surface area contributed by atoms with Crippen LogP contribution in [0.2, 0.25) is 0 Å². The molecule has 1 amide bonds. The molecule has 2 N–H and O–H groups in total. The van der Waals surface area contributed by atoms with E-state index in [9.17, 15) is 9.59 Å². The Morgan fingerprint density at radius 2 is 1.97 bits per heavy atom. The van der Waals surface area contributed by atoms with Gasteiger partial charge in [-0.2, -0.15) is 5.10 Å². The van der Waals surface area contributed by atoms with Gasteiger partial charge in [-0.15, -0.1) is 0 Å². The molecule has 35 heavy (non-hydrogen) atoms. The summed E-state index contributed by atoms with van der Waals surface area (Å²) in [4.78, 5) is 31.7. The summed E-state index contributed by atoms with van der Waals surface area (Å²) in [5.74, 6) is 0.142. The highest BCUT2D eigenvalue weighted by molar-refractivity contribution is 5.93. The maximum atomic E-state index is 13.1. The minimum absolute atomic E-state index is 0.0952. The second kappa shape index (κ2) is 9.87. The molecule has 0 aliphatic heterocycles. The lowest BCUT2D eigenvalue weighted by molar-refractivity contribution is 0.0919. The Bertz CT molecular complexity index is 1400. The third kappa shape index (κ3) is 4.64. The number of nitrogens with one attached hydrogen (secondary N) is 2. The predicted molar refractivity (Wildman–Crippen MR) is 135 cm³/mol. The van der Waals surface area contributed by atoms with Gasteiger partial charge >= 0.3 is 0 Å². The van der Waals surface area contributed by atoms with Crippen molar-refractivity contribution >= 4 is 28.0 Å². The minimum atomic E-state index is -0.160. The van der Waals surface area contributed by atoms with Crippen molar-refractivity contribution in [2.75, 3.05) is 32.2 Å². The SMILES string of the molecule is COCCN(C)c1ccn2c(C(=O)N[C@H]3CC[C@H](c4n[nH]c(=O)c5ccccc54)CC3)cnc2c1. The van der Waals surface area contributed by atoms with Gasteiger partial charge in [0.05, 0.1) is 23.9 Å². The monoisotopic (exact) mass is 474 g/mol. The Labute approximate surface area is 203 Å². The Morgan fingerprint density at radius 1 is 1.20 bits per heavy atom. The quantitative estimate of drug-likeness (QED) is 0.427. The third-order valence-corrected chi connectivity index (χ3v) is 6.98. The topological polar surface area (TPSA) is 105 Å². The van der Waals surface area contributed by atoms with Crippen molar-refractivity contribution in [1.82, 2.24) is 24.9 Å². The zero-order valence-electron chi connectivity index (χ0n) is 20.0. The van der Waals surface area contributed by atoms with Crippen molar-refractivity contribution in [3.63, 3.8) is 0 Å². The first-order chi connectivity index (χ1) is 17.0. The Kier molecular flexibility index (Phi) is 6.50. The zero-order chi connectivity index (χ0) is 24.4. The van der Waals surface area contributed by atoms with E-state index in [2.05, 4.69) is 25.4 Å². The highest BCUT2D eigenvalue weighted by Gasteiger charge is 2.27. The number of likely N-dealkylation sites (N-methyl/N-ethyl adjacent to an activating group) is 1. The van der Waals surface area contributed by atoms with Crippen molar-refractivity contribution < 1.29 is 9.53 Å². The van der Waals surface area contributed by atoms with E-state index in [-0.39, 0.29) is 23.4 Å². The molecule has 1 aromatic carbocycles. The molecule has 4 aromatic rings. The number of rotatable bonds is 7. The van der Waals surface area contributed by atoms with Gasteiger partial charge in [-0.3, -0.25) is 14.0 Å². The van der Waals surface area contributed by atoms with Crippen molar-refractivity contribution in [1.29, 1.82) is 0 Å². The summed E-state index contributed by atoms with van der Waals surface area (Å²) in [7, 11) is 3.69. The number of hydrogen-bond acceptors (Lipinski definition) is 6. The smallest absolute Gasteiger partial charge is 0.272 e. The number of H-pyrrole nitrogens is 1. The molecule has 0 spiro atoms. The highest BCUT2D eigenvalue weighted by Crippen LogP contribution is 2.34. The van der Waals surface area contributed by atoms with Crippen molar-refractivity contribution in [2.45, 2.75) is 37.6 Å². The van der Waals surface area contributed by atoms with Crippen LogP contribution in [0.5, 0.6) is 0 Å². The van der Waals surface area contributed by atoms with Crippen molar-refractivity contribution in [3.05, 3.63) is 70.5 Å². The van der Waals surface area contributed by atoms with E-state index < -0.39 is 0 Å². The second-order valence-corrected chi connectivity index (χ2v) is 9.18. The van der Waals surface area contributed by atoms with E-state index in [0.717, 1.165) is 54.6 Å². The van der Waals surface area contributed by atoms with Crippen LogP contribution in [0.3, 0.4) is 0 Å². The van der Waals surface area contributed by atoms with Gasteiger partial charge in [0.1, 0.15) is 11.3 Å². The Hall–Kier alpha value is -3.72. The average molecular weight is 475 g/mol. The van der Waals surface area contributed by atoms with E-state index in [0.29, 0.717) is 17.7 Å². The first-order valence-electron chi connectivity index (χ1n) is 12.0. The molecule has 9 heteroatoms. The number of hydrogen-bond donors (Lipinski definition) is 2. The van der Waals surface area contributed by atoms with Crippen LogP contribution in [0.15, 0.2) is 53.6 Å². The number of anilines is 1. The maximum absolute atomic E-state index is 13.1. The van der Waals surface area contributed by atoms with E-state index >= 15 is 0 Å². The number of fused-ring (bicyclic) bond motifs is 2. The van der Waals surface area contributed by atoms with Crippen LogP contribution in [0.4, 0.5) is 5.69 Å². The molecular weight excluding hydrogens is 444 g/mol. The average Bonchev–Trinajstić information content (AvgIpc) is 3.32. The number of benzene rings is 1. The number of amides is 1. The summed E-state index contributed by atoms with van der Waals surface area (Å²) in [6.45, 7) is 1.41. The fraction of sp³-hybridized carbons (Fsp3) is 0.385. The molecule has 5 rings (SSSR count). The normalized spacial score (nSPS) is 18.1. The van der Waals surface area contributed by atoms with Crippen molar-refractivity contribution in [2.24, 2.45) is 0 Å². The van der Waals surface area contributed by atoms with Gasteiger partial charge in [0, 0.05) is 56.0 Å². The van der Waals surface area contributed by atoms with Gasteiger partial charge < -0.3 is 15.0 Å². The molecule has 1 aliphatic carbocycles. The molecule has 1 fully saturated rings. The summed E-state index contributed by atoms with van der Waals surface area (Å²) in [5.41, 5.74) is 3.07. The number of ether oxygens (including phenoxy) is 1. The Morgan fingerprint density at radius 3 is 2.74 bits per heavy atom. The van der Waals surface area contributed by atoms with E-state index in [1.165, 1.54) is 0 Å². The lowest BCUT2D eigenvalue weighted by Gasteiger charge is -2.29. The number of methoxy groups -OCH3 is 1. The van der Waals surface area contributed by atoms with Crippen LogP contribution >= 0.6 is 0 Å².